The van der Waals surface area contributed by atoms with Crippen molar-refractivity contribution < 1.29 is 9.84 Å². The van der Waals surface area contributed by atoms with Crippen molar-refractivity contribution in [3.63, 3.8) is 0 Å². The van der Waals surface area contributed by atoms with Gasteiger partial charge in [0.2, 0.25) is 0 Å². The molecule has 2 nitrogen and oxygen atoms in total. The third-order valence-corrected chi connectivity index (χ3v) is 5.45. The van der Waals surface area contributed by atoms with E-state index in [2.05, 4.69) is 30.3 Å². The maximum absolute atomic E-state index is 10.2. The fraction of sp³-hybridized carbons (Fsp3) is 0.200. The van der Waals surface area contributed by atoms with E-state index in [4.69, 9.17) is 4.74 Å². The van der Waals surface area contributed by atoms with Gasteiger partial charge in [0.05, 0.1) is 6.10 Å². The van der Waals surface area contributed by atoms with Gasteiger partial charge >= 0.3 is 0 Å². The van der Waals surface area contributed by atoms with Crippen LogP contribution in [0.2, 0.25) is 0 Å². The van der Waals surface area contributed by atoms with Gasteiger partial charge < -0.3 is 9.84 Å². The number of rotatable bonds is 0. The van der Waals surface area contributed by atoms with Crippen LogP contribution in [0, 0.1) is 0 Å². The first kappa shape index (κ1) is 11.3. The van der Waals surface area contributed by atoms with E-state index >= 15 is 0 Å². The van der Waals surface area contributed by atoms with Gasteiger partial charge in [0.1, 0.15) is 11.9 Å². The lowest BCUT2D eigenvalue weighted by molar-refractivity contribution is 0.373. The van der Waals surface area contributed by atoms with Gasteiger partial charge in [-0.3, -0.25) is 0 Å². The molecule has 1 heterocycles. The topological polar surface area (TPSA) is 32.8 Å². The second-order valence-corrected chi connectivity index (χ2v) is 6.59. The summed E-state index contributed by atoms with van der Waals surface area (Å²) >= 11 is 0. The zero-order chi connectivity index (χ0) is 14.4. The minimum absolute atomic E-state index is 0.293. The molecule has 106 valence electrons. The second-order valence-electron chi connectivity index (χ2n) is 6.59. The quantitative estimate of drug-likeness (QED) is 0.376. The largest absolute Gasteiger partial charge is 0.507 e. The Morgan fingerprint density at radius 1 is 0.909 bits per heavy atom. The van der Waals surface area contributed by atoms with Crippen molar-refractivity contribution in [3.05, 3.63) is 53.6 Å². The molecule has 2 aliphatic rings. The highest BCUT2D eigenvalue weighted by atomic mass is 16.6. The maximum atomic E-state index is 10.2. The van der Waals surface area contributed by atoms with Crippen molar-refractivity contribution in [1.82, 2.24) is 0 Å². The van der Waals surface area contributed by atoms with Crippen molar-refractivity contribution in [2.24, 2.45) is 0 Å². The van der Waals surface area contributed by atoms with Crippen LogP contribution in [0.25, 0.3) is 32.3 Å². The zero-order valence-corrected chi connectivity index (χ0v) is 12.0. The van der Waals surface area contributed by atoms with Crippen LogP contribution in [0.3, 0.4) is 0 Å². The van der Waals surface area contributed by atoms with Gasteiger partial charge in [-0.1, -0.05) is 30.3 Å². The van der Waals surface area contributed by atoms with E-state index in [9.17, 15) is 5.11 Å². The molecule has 0 spiro atoms. The lowest BCUT2D eigenvalue weighted by Crippen LogP contribution is -2.05. The number of phenols is 1. The minimum Gasteiger partial charge on any atom is -0.507 e. The monoisotopic (exact) mass is 286 g/mol. The summed E-state index contributed by atoms with van der Waals surface area (Å²) in [6.45, 7) is 0. The number of hydrogen-bond donors (Lipinski definition) is 1. The summed E-state index contributed by atoms with van der Waals surface area (Å²) in [5.41, 5.74) is 2.83. The van der Waals surface area contributed by atoms with E-state index in [-0.39, 0.29) is 0 Å². The SMILES string of the molecule is Oc1ccc2ccc3cc4c(c5ccc1c2c35)C1OC1CC4. The number of ether oxygens (including phenoxy) is 1. The standard InChI is InChI=1S/C20H14O2/c21-15-7-3-10-1-2-11-9-12-4-8-16-20(22-16)19(12)14-6-5-13(15)17(10)18(11)14/h1-3,5-7,9,16,20-21H,4,8H2. The van der Waals surface area contributed by atoms with Crippen LogP contribution in [0.15, 0.2) is 42.5 Å². The first-order valence-corrected chi connectivity index (χ1v) is 7.89. The Morgan fingerprint density at radius 3 is 2.64 bits per heavy atom. The molecule has 1 fully saturated rings. The first-order chi connectivity index (χ1) is 10.8. The molecule has 1 saturated heterocycles. The van der Waals surface area contributed by atoms with E-state index in [1.54, 1.807) is 6.07 Å². The molecule has 2 heteroatoms. The van der Waals surface area contributed by atoms with Crippen LogP contribution in [0.4, 0.5) is 0 Å². The van der Waals surface area contributed by atoms with Crippen molar-refractivity contribution >= 4 is 32.3 Å². The van der Waals surface area contributed by atoms with Crippen molar-refractivity contribution in [2.45, 2.75) is 25.0 Å². The predicted octanol–water partition coefficient (Wildman–Crippen LogP) is 4.68. The van der Waals surface area contributed by atoms with Gasteiger partial charge in [0.15, 0.2) is 0 Å². The third kappa shape index (κ3) is 1.21. The summed E-state index contributed by atoms with van der Waals surface area (Å²) in [5.74, 6) is 0.361. The third-order valence-electron chi connectivity index (χ3n) is 5.45. The van der Waals surface area contributed by atoms with E-state index < -0.39 is 0 Å². The Morgan fingerprint density at radius 2 is 1.68 bits per heavy atom. The summed E-state index contributed by atoms with van der Waals surface area (Å²) in [5, 5.41) is 17.4. The van der Waals surface area contributed by atoms with Crippen LogP contribution in [-0.4, -0.2) is 11.2 Å². The van der Waals surface area contributed by atoms with E-state index in [1.807, 2.05) is 6.07 Å². The first-order valence-electron chi connectivity index (χ1n) is 7.89. The number of aryl methyl sites for hydroxylation is 1. The second kappa shape index (κ2) is 3.53. The van der Waals surface area contributed by atoms with Gasteiger partial charge in [-0.15, -0.1) is 0 Å². The fourth-order valence-corrected chi connectivity index (χ4v) is 4.40. The molecule has 2 unspecified atom stereocenters. The smallest absolute Gasteiger partial charge is 0.123 e. The molecular formula is C20H14O2. The van der Waals surface area contributed by atoms with Crippen molar-refractivity contribution in [1.29, 1.82) is 0 Å². The normalized spacial score (nSPS) is 23.1. The number of phenolic OH excluding ortho intramolecular Hbond substituents is 1. The highest BCUT2D eigenvalue weighted by Crippen LogP contribution is 2.51. The van der Waals surface area contributed by atoms with E-state index in [1.165, 1.54) is 38.1 Å². The Labute approximate surface area is 127 Å². The molecule has 0 saturated carbocycles. The number of epoxide rings is 1. The minimum atomic E-state index is 0.293. The molecule has 6 rings (SSSR count). The molecule has 22 heavy (non-hydrogen) atoms. The molecule has 0 aromatic heterocycles. The number of aromatic hydroxyl groups is 1. The van der Waals surface area contributed by atoms with Crippen LogP contribution >= 0.6 is 0 Å². The fourth-order valence-electron chi connectivity index (χ4n) is 4.40. The lowest BCUT2D eigenvalue weighted by Gasteiger charge is -2.19. The molecule has 0 bridgehead atoms. The zero-order valence-electron chi connectivity index (χ0n) is 12.0. The molecule has 1 N–H and O–H groups in total. The van der Waals surface area contributed by atoms with Crippen LogP contribution in [0.5, 0.6) is 5.75 Å². The van der Waals surface area contributed by atoms with Gasteiger partial charge in [0.25, 0.3) is 0 Å². The average Bonchev–Trinajstić information content (AvgIpc) is 3.33. The Balaban J connectivity index is 1.90. The summed E-state index contributed by atoms with van der Waals surface area (Å²) in [6, 6.07) is 14.7. The molecule has 0 amide bonds. The highest BCUT2D eigenvalue weighted by Gasteiger charge is 2.45. The molecular weight excluding hydrogens is 272 g/mol. The highest BCUT2D eigenvalue weighted by molar-refractivity contribution is 6.25. The van der Waals surface area contributed by atoms with E-state index in [0.717, 1.165) is 18.2 Å². The molecule has 1 aliphatic heterocycles. The number of fused-ring (bicyclic) bond motifs is 4. The van der Waals surface area contributed by atoms with Gasteiger partial charge in [-0.25, -0.2) is 0 Å². The maximum Gasteiger partial charge on any atom is 0.123 e. The average molecular weight is 286 g/mol. The molecule has 4 aromatic carbocycles. The summed E-state index contributed by atoms with van der Waals surface area (Å²) in [7, 11) is 0. The van der Waals surface area contributed by atoms with Crippen molar-refractivity contribution in [2.75, 3.05) is 0 Å². The number of benzene rings is 4. The van der Waals surface area contributed by atoms with Crippen LogP contribution in [-0.2, 0) is 11.2 Å². The molecule has 1 aliphatic carbocycles. The number of hydrogen-bond acceptors (Lipinski definition) is 2. The van der Waals surface area contributed by atoms with Crippen molar-refractivity contribution in [3.8, 4) is 5.75 Å². The summed E-state index contributed by atoms with van der Waals surface area (Å²) in [6.07, 6.45) is 2.98. The van der Waals surface area contributed by atoms with Crippen LogP contribution in [0.1, 0.15) is 23.7 Å². The Kier molecular flexibility index (Phi) is 1.81. The lowest BCUT2D eigenvalue weighted by atomic mass is 9.83. The van der Waals surface area contributed by atoms with Crippen LogP contribution < -0.4 is 0 Å². The van der Waals surface area contributed by atoms with Gasteiger partial charge in [-0.2, -0.15) is 0 Å². The predicted molar refractivity (Wildman–Crippen MR) is 87.7 cm³/mol. The Hall–Kier alpha value is -2.32. The van der Waals surface area contributed by atoms with Gasteiger partial charge in [-0.05, 0) is 57.6 Å². The van der Waals surface area contributed by atoms with Gasteiger partial charge in [0, 0.05) is 10.8 Å². The van der Waals surface area contributed by atoms with E-state index in [0.29, 0.717) is 18.0 Å². The summed E-state index contributed by atoms with van der Waals surface area (Å²) < 4.78 is 5.87. The molecule has 2 atom stereocenters. The Bertz CT molecular complexity index is 1080. The molecule has 4 aromatic rings. The summed E-state index contributed by atoms with van der Waals surface area (Å²) in [4.78, 5) is 0. The molecule has 0 radical (unpaired) electrons.